The van der Waals surface area contributed by atoms with Crippen LogP contribution in [-0.2, 0) is 4.84 Å². The summed E-state index contributed by atoms with van der Waals surface area (Å²) in [7, 11) is 0. The highest BCUT2D eigenvalue weighted by Crippen LogP contribution is 2.00. The second-order valence-electron chi connectivity index (χ2n) is 1.52. The zero-order valence-corrected chi connectivity index (χ0v) is 4.35. The van der Waals surface area contributed by atoms with Gasteiger partial charge in [-0.2, -0.15) is 0 Å². The molecule has 0 bridgehead atoms. The van der Waals surface area contributed by atoms with Crippen LogP contribution < -0.4 is 0 Å². The number of rotatable bonds is 0. The first kappa shape index (κ1) is 5.96. The Morgan fingerprint density at radius 3 is 2.89 bits per heavy atom. The van der Waals surface area contributed by atoms with Crippen molar-refractivity contribution in [3.63, 3.8) is 0 Å². The zero-order chi connectivity index (χ0) is 6.85. The van der Waals surface area contributed by atoms with Crippen LogP contribution in [0.25, 0.3) is 0 Å². The van der Waals surface area contributed by atoms with Crippen LogP contribution in [-0.4, -0.2) is 28.6 Å². The van der Waals surface area contributed by atoms with Crippen molar-refractivity contribution in [2.24, 2.45) is 5.16 Å². The highest BCUT2D eigenvalue weighted by molar-refractivity contribution is 5.79. The highest BCUT2D eigenvalue weighted by Gasteiger charge is 2.32. The summed E-state index contributed by atoms with van der Waals surface area (Å²) in [5.74, 6) is -0.519. The lowest BCUT2D eigenvalue weighted by atomic mass is 10.4. The number of oxime groups is 1. The van der Waals surface area contributed by atoms with E-state index in [4.69, 9.17) is 5.11 Å². The van der Waals surface area contributed by atoms with Gasteiger partial charge in [0.1, 0.15) is 0 Å². The molecule has 50 valence electrons. The Bertz CT molecular complexity index is 165. The summed E-state index contributed by atoms with van der Waals surface area (Å²) in [6.07, 6.45) is -1.17. The maximum absolute atomic E-state index is 9.85. The van der Waals surface area contributed by atoms with Gasteiger partial charge in [-0.25, -0.2) is 0 Å². The molecule has 6 nitrogen and oxygen atoms in total. The van der Waals surface area contributed by atoms with Crippen molar-refractivity contribution < 1.29 is 14.9 Å². The van der Waals surface area contributed by atoms with Gasteiger partial charge in [-0.3, -0.25) is 4.84 Å². The van der Waals surface area contributed by atoms with Crippen LogP contribution in [0.2, 0.25) is 0 Å². The van der Waals surface area contributed by atoms with E-state index in [1.165, 1.54) is 0 Å². The molecule has 0 aromatic heterocycles. The van der Waals surface area contributed by atoms with Gasteiger partial charge in [0.05, 0.1) is 0 Å². The van der Waals surface area contributed by atoms with Gasteiger partial charge in [0.2, 0.25) is 6.10 Å². The third-order valence-corrected chi connectivity index (χ3v) is 0.876. The summed E-state index contributed by atoms with van der Waals surface area (Å²) in [6.45, 7) is -0.115. The normalized spacial score (nSPS) is 25.0. The Morgan fingerprint density at radius 2 is 2.67 bits per heavy atom. The van der Waals surface area contributed by atoms with Crippen LogP contribution in [0.1, 0.15) is 0 Å². The van der Waals surface area contributed by atoms with Crippen molar-refractivity contribution in [2.75, 3.05) is 6.61 Å². The summed E-state index contributed by atoms with van der Waals surface area (Å²) >= 11 is 0. The van der Waals surface area contributed by atoms with Gasteiger partial charge in [0.25, 0.3) is 0 Å². The van der Waals surface area contributed by atoms with Gasteiger partial charge in [0.15, 0.2) is 11.8 Å². The van der Waals surface area contributed by atoms with E-state index < -0.39 is 16.9 Å². The SMILES string of the molecule is O=[N+]([O-])C1=NOCC1O. The van der Waals surface area contributed by atoms with Gasteiger partial charge in [0, 0.05) is 0 Å². The fraction of sp³-hybridized carbons (Fsp3) is 0.667. The van der Waals surface area contributed by atoms with Crippen molar-refractivity contribution in [2.45, 2.75) is 6.10 Å². The van der Waals surface area contributed by atoms with Gasteiger partial charge < -0.3 is 15.2 Å². The van der Waals surface area contributed by atoms with E-state index in [2.05, 4.69) is 9.99 Å². The summed E-state index contributed by atoms with van der Waals surface area (Å²) in [4.78, 5) is 13.3. The number of hydrogen-bond donors (Lipinski definition) is 1. The molecule has 1 heterocycles. The summed E-state index contributed by atoms with van der Waals surface area (Å²) in [5, 5.41) is 21.5. The number of aliphatic hydroxyl groups excluding tert-OH is 1. The fourth-order valence-electron chi connectivity index (χ4n) is 0.464. The van der Waals surface area contributed by atoms with Crippen LogP contribution in [0.4, 0.5) is 0 Å². The maximum Gasteiger partial charge on any atom is 0.417 e. The number of aliphatic hydroxyl groups is 1. The summed E-state index contributed by atoms with van der Waals surface area (Å²) < 4.78 is 0. The molecule has 0 saturated carbocycles. The minimum atomic E-state index is -1.17. The van der Waals surface area contributed by atoms with Crippen LogP contribution in [0, 0.1) is 10.1 Å². The maximum atomic E-state index is 9.85. The molecule has 0 aliphatic carbocycles. The topological polar surface area (TPSA) is 85.0 Å². The summed E-state index contributed by atoms with van der Waals surface area (Å²) in [5.41, 5.74) is 0. The Kier molecular flexibility index (Phi) is 1.31. The monoisotopic (exact) mass is 132 g/mol. The van der Waals surface area contributed by atoms with Crippen molar-refractivity contribution in [3.05, 3.63) is 10.1 Å². The van der Waals surface area contributed by atoms with Crippen LogP contribution in [0.5, 0.6) is 0 Å². The van der Waals surface area contributed by atoms with Gasteiger partial charge in [-0.1, -0.05) is 0 Å². The van der Waals surface area contributed by atoms with Crippen LogP contribution in [0.3, 0.4) is 0 Å². The third kappa shape index (κ3) is 0.968. The molecule has 1 unspecified atom stereocenters. The van der Waals surface area contributed by atoms with E-state index in [1.807, 2.05) is 0 Å². The molecule has 1 aliphatic rings. The first-order chi connectivity index (χ1) is 4.22. The number of amidine groups is 1. The molecular formula is C3H4N2O4. The standard InChI is InChI=1S/C3H4N2O4/c6-2-1-9-4-3(2)5(7)8/h2,6H,1H2. The van der Waals surface area contributed by atoms with Crippen molar-refractivity contribution in [3.8, 4) is 0 Å². The van der Waals surface area contributed by atoms with Crippen molar-refractivity contribution in [1.29, 1.82) is 0 Å². The van der Waals surface area contributed by atoms with Crippen molar-refractivity contribution in [1.82, 2.24) is 0 Å². The Labute approximate surface area is 49.9 Å². The zero-order valence-electron chi connectivity index (χ0n) is 4.35. The van der Waals surface area contributed by atoms with Crippen LogP contribution >= 0.6 is 0 Å². The third-order valence-electron chi connectivity index (χ3n) is 0.876. The smallest absolute Gasteiger partial charge is 0.377 e. The van der Waals surface area contributed by atoms with E-state index in [0.717, 1.165) is 0 Å². The lowest BCUT2D eigenvalue weighted by molar-refractivity contribution is -0.357. The molecule has 0 aromatic rings. The molecule has 0 spiro atoms. The lowest BCUT2D eigenvalue weighted by Gasteiger charge is -1.92. The first-order valence-corrected chi connectivity index (χ1v) is 2.24. The van der Waals surface area contributed by atoms with Gasteiger partial charge in [-0.05, 0) is 4.92 Å². The molecule has 0 saturated heterocycles. The van der Waals surface area contributed by atoms with E-state index in [9.17, 15) is 10.1 Å². The highest BCUT2D eigenvalue weighted by atomic mass is 16.7. The number of nitro groups is 1. The molecule has 1 N–H and O–H groups in total. The Balaban J connectivity index is 2.68. The second kappa shape index (κ2) is 1.98. The quantitative estimate of drug-likeness (QED) is 0.337. The molecule has 1 atom stereocenters. The predicted molar refractivity (Wildman–Crippen MR) is 26.4 cm³/mol. The predicted octanol–water partition coefficient (Wildman–Crippen LogP) is -1.03. The minimum Gasteiger partial charge on any atom is -0.377 e. The summed E-state index contributed by atoms with van der Waals surface area (Å²) in [6, 6.07) is 0. The van der Waals surface area contributed by atoms with Crippen molar-refractivity contribution >= 4 is 5.84 Å². The average molecular weight is 132 g/mol. The van der Waals surface area contributed by atoms with Gasteiger partial charge in [-0.15, -0.1) is 0 Å². The molecular weight excluding hydrogens is 128 g/mol. The molecule has 0 amide bonds. The molecule has 0 radical (unpaired) electrons. The molecule has 9 heavy (non-hydrogen) atoms. The second-order valence-corrected chi connectivity index (χ2v) is 1.52. The number of nitrogens with zero attached hydrogens (tertiary/aromatic N) is 2. The minimum absolute atomic E-state index is 0.115. The molecule has 0 aromatic carbocycles. The fourth-order valence-corrected chi connectivity index (χ4v) is 0.464. The van der Waals surface area contributed by atoms with Crippen LogP contribution in [0.15, 0.2) is 5.16 Å². The van der Waals surface area contributed by atoms with E-state index in [1.54, 1.807) is 0 Å². The van der Waals surface area contributed by atoms with E-state index in [0.29, 0.717) is 0 Å². The number of hydrogen-bond acceptors (Lipinski definition) is 5. The lowest BCUT2D eigenvalue weighted by Crippen LogP contribution is -2.25. The average Bonchev–Trinajstić information content (AvgIpc) is 2.13. The largest absolute Gasteiger partial charge is 0.417 e. The molecule has 0 fully saturated rings. The molecule has 6 heteroatoms. The van der Waals surface area contributed by atoms with E-state index >= 15 is 0 Å². The first-order valence-electron chi connectivity index (χ1n) is 2.24. The van der Waals surface area contributed by atoms with E-state index in [-0.39, 0.29) is 6.61 Å². The van der Waals surface area contributed by atoms with Gasteiger partial charge >= 0.3 is 5.84 Å². The Hall–Kier alpha value is -1.17. The molecule has 1 aliphatic heterocycles. The Morgan fingerprint density at radius 1 is 2.00 bits per heavy atom. The molecule has 1 rings (SSSR count).